The highest BCUT2D eigenvalue weighted by atomic mass is 16.2. The summed E-state index contributed by atoms with van der Waals surface area (Å²) in [7, 11) is 0. The molecule has 3 aromatic rings. The fraction of sp³-hybridized carbons (Fsp3) is 0.450. The maximum Gasteiger partial charge on any atom is 0.272 e. The summed E-state index contributed by atoms with van der Waals surface area (Å²) in [4.78, 5) is 28.1. The molecule has 0 unspecified atom stereocenters. The summed E-state index contributed by atoms with van der Waals surface area (Å²) in [5.74, 6) is 1.23. The van der Waals surface area contributed by atoms with E-state index in [1.54, 1.807) is 4.52 Å². The quantitative estimate of drug-likeness (QED) is 0.699. The van der Waals surface area contributed by atoms with E-state index in [9.17, 15) is 4.79 Å². The number of likely N-dealkylation sites (tertiary alicyclic amines) is 1. The van der Waals surface area contributed by atoms with Gasteiger partial charge in [0.05, 0.1) is 5.69 Å². The van der Waals surface area contributed by atoms with Gasteiger partial charge in [-0.2, -0.15) is 10.1 Å². The van der Waals surface area contributed by atoms with Gasteiger partial charge in [0.15, 0.2) is 0 Å². The van der Waals surface area contributed by atoms with E-state index in [4.69, 9.17) is 0 Å². The molecule has 2 atom stereocenters. The van der Waals surface area contributed by atoms with Crippen LogP contribution in [0.5, 0.6) is 0 Å². The minimum Gasteiger partial charge on any atom is -0.337 e. The Hall–Kier alpha value is -2.83. The van der Waals surface area contributed by atoms with Crippen LogP contribution in [0, 0.1) is 26.7 Å². The van der Waals surface area contributed by atoms with Gasteiger partial charge in [-0.3, -0.25) is 4.79 Å². The number of hydrogen-bond acceptors (Lipinski definition) is 5. The molecule has 1 fully saturated rings. The predicted molar refractivity (Wildman–Crippen MR) is 102 cm³/mol. The van der Waals surface area contributed by atoms with Crippen molar-refractivity contribution in [2.24, 2.45) is 5.92 Å². The second-order valence-electron chi connectivity index (χ2n) is 7.52. The van der Waals surface area contributed by atoms with E-state index in [1.165, 1.54) is 6.33 Å². The summed E-state index contributed by atoms with van der Waals surface area (Å²) in [6.07, 6.45) is 2.47. The van der Waals surface area contributed by atoms with Crippen molar-refractivity contribution in [2.75, 3.05) is 13.1 Å². The number of nitrogens with zero attached hydrogens (tertiary/aromatic N) is 6. The Morgan fingerprint density at radius 2 is 2.00 bits per heavy atom. The molecule has 140 valence electrons. The van der Waals surface area contributed by atoms with Crippen LogP contribution >= 0.6 is 0 Å². The Labute approximate surface area is 158 Å². The first kappa shape index (κ1) is 17.6. The zero-order valence-electron chi connectivity index (χ0n) is 16.2. The van der Waals surface area contributed by atoms with E-state index in [1.807, 2.05) is 37.8 Å². The van der Waals surface area contributed by atoms with Gasteiger partial charge in [0.2, 0.25) is 0 Å². The monoisotopic (exact) mass is 364 g/mol. The van der Waals surface area contributed by atoms with Gasteiger partial charge in [0.1, 0.15) is 12.0 Å². The molecule has 0 aromatic carbocycles. The van der Waals surface area contributed by atoms with E-state index >= 15 is 0 Å². The maximum atomic E-state index is 13.0. The van der Waals surface area contributed by atoms with Gasteiger partial charge in [-0.25, -0.2) is 14.5 Å². The fourth-order valence-corrected chi connectivity index (χ4v) is 3.77. The standard InChI is InChI=1S/C20H24N6O/c1-12-5-6-17(24-15(12)4)19(27)25-8-7-13(2)16(10-25)18-9-14(3)23-20-21-11-22-26(18)20/h5-6,9,11,13,16H,7-8,10H2,1-4H3/t13-,16-/m0/s1. The molecule has 4 rings (SSSR count). The molecule has 0 saturated carbocycles. The summed E-state index contributed by atoms with van der Waals surface area (Å²) in [6, 6.07) is 5.85. The molecule has 7 heteroatoms. The molecule has 7 nitrogen and oxygen atoms in total. The number of rotatable bonds is 2. The van der Waals surface area contributed by atoms with Crippen LogP contribution in [0.4, 0.5) is 0 Å². The van der Waals surface area contributed by atoms with E-state index in [-0.39, 0.29) is 11.8 Å². The zero-order chi connectivity index (χ0) is 19.1. The average Bonchev–Trinajstić information content (AvgIpc) is 3.11. The Kier molecular flexibility index (Phi) is 4.37. The SMILES string of the molecule is Cc1cc([C@H]2CN(C(=O)c3ccc(C)c(C)n3)CC[C@@H]2C)n2ncnc2n1. The van der Waals surface area contributed by atoms with Gasteiger partial charge >= 0.3 is 0 Å². The van der Waals surface area contributed by atoms with E-state index in [0.717, 1.165) is 35.6 Å². The van der Waals surface area contributed by atoms with E-state index in [0.29, 0.717) is 23.9 Å². The topological polar surface area (TPSA) is 76.3 Å². The first-order valence-electron chi connectivity index (χ1n) is 9.35. The Morgan fingerprint density at radius 3 is 2.78 bits per heavy atom. The second kappa shape index (κ2) is 6.72. The molecule has 0 aliphatic carbocycles. The molecule has 0 bridgehead atoms. The van der Waals surface area contributed by atoms with Gasteiger partial charge in [0.25, 0.3) is 11.7 Å². The minimum atomic E-state index is -0.00406. The predicted octanol–water partition coefficient (Wildman–Crippen LogP) is 2.71. The van der Waals surface area contributed by atoms with Crippen LogP contribution in [0.15, 0.2) is 24.5 Å². The molecule has 1 saturated heterocycles. The lowest BCUT2D eigenvalue weighted by Gasteiger charge is -2.37. The molecule has 1 aliphatic heterocycles. The zero-order valence-corrected chi connectivity index (χ0v) is 16.2. The highest BCUT2D eigenvalue weighted by Crippen LogP contribution is 2.32. The van der Waals surface area contributed by atoms with Crippen LogP contribution in [0.3, 0.4) is 0 Å². The van der Waals surface area contributed by atoms with Crippen molar-refractivity contribution in [2.45, 2.75) is 40.0 Å². The molecule has 1 amide bonds. The summed E-state index contributed by atoms with van der Waals surface area (Å²) < 4.78 is 1.80. The summed E-state index contributed by atoms with van der Waals surface area (Å²) in [6.45, 7) is 9.54. The van der Waals surface area contributed by atoms with Crippen LogP contribution in [0.25, 0.3) is 5.78 Å². The lowest BCUT2D eigenvalue weighted by Crippen LogP contribution is -2.43. The van der Waals surface area contributed by atoms with Gasteiger partial charge in [0, 0.05) is 30.4 Å². The lowest BCUT2D eigenvalue weighted by atomic mass is 9.84. The molecule has 0 N–H and O–H groups in total. The summed E-state index contributed by atoms with van der Waals surface area (Å²) >= 11 is 0. The highest BCUT2D eigenvalue weighted by molar-refractivity contribution is 5.92. The molecular weight excluding hydrogens is 340 g/mol. The van der Waals surface area contributed by atoms with Gasteiger partial charge in [-0.15, -0.1) is 0 Å². The molecular formula is C20H24N6O. The van der Waals surface area contributed by atoms with E-state index in [2.05, 4.69) is 33.0 Å². The average molecular weight is 364 g/mol. The molecule has 3 aromatic heterocycles. The number of aromatic nitrogens is 5. The van der Waals surface area contributed by atoms with Crippen molar-refractivity contribution in [1.82, 2.24) is 29.5 Å². The third-order valence-electron chi connectivity index (χ3n) is 5.60. The number of carbonyl (C=O) groups is 1. The van der Waals surface area contributed by atoms with Crippen LogP contribution < -0.4 is 0 Å². The summed E-state index contributed by atoms with van der Waals surface area (Å²) in [5, 5.41) is 4.35. The van der Waals surface area contributed by atoms with E-state index < -0.39 is 0 Å². The smallest absolute Gasteiger partial charge is 0.272 e. The lowest BCUT2D eigenvalue weighted by molar-refractivity contribution is 0.0660. The minimum absolute atomic E-state index is 0.00406. The first-order chi connectivity index (χ1) is 12.9. The fourth-order valence-electron chi connectivity index (χ4n) is 3.77. The number of piperidine rings is 1. The third-order valence-corrected chi connectivity index (χ3v) is 5.60. The van der Waals surface area contributed by atoms with Crippen molar-refractivity contribution in [3.8, 4) is 0 Å². The summed E-state index contributed by atoms with van der Waals surface area (Å²) in [5.41, 5.74) is 4.49. The van der Waals surface area contributed by atoms with Gasteiger partial charge in [-0.05, 0) is 50.8 Å². The number of hydrogen-bond donors (Lipinski definition) is 0. The normalized spacial score (nSPS) is 20.2. The van der Waals surface area contributed by atoms with Crippen LogP contribution in [0.2, 0.25) is 0 Å². The maximum absolute atomic E-state index is 13.0. The van der Waals surface area contributed by atoms with Crippen LogP contribution in [0.1, 0.15) is 52.4 Å². The number of amides is 1. The molecule has 0 spiro atoms. The third kappa shape index (κ3) is 3.18. The second-order valence-corrected chi connectivity index (χ2v) is 7.52. The number of aryl methyl sites for hydroxylation is 3. The number of pyridine rings is 1. The number of fused-ring (bicyclic) bond motifs is 1. The molecule has 0 radical (unpaired) electrons. The van der Waals surface area contributed by atoms with Crippen LogP contribution in [-0.2, 0) is 0 Å². The first-order valence-corrected chi connectivity index (χ1v) is 9.35. The Morgan fingerprint density at radius 1 is 1.19 bits per heavy atom. The van der Waals surface area contributed by atoms with Crippen molar-refractivity contribution >= 4 is 11.7 Å². The highest BCUT2D eigenvalue weighted by Gasteiger charge is 2.32. The Balaban J connectivity index is 1.65. The molecule has 27 heavy (non-hydrogen) atoms. The molecule has 1 aliphatic rings. The van der Waals surface area contributed by atoms with Crippen molar-refractivity contribution in [3.05, 3.63) is 52.9 Å². The largest absolute Gasteiger partial charge is 0.337 e. The van der Waals surface area contributed by atoms with Crippen molar-refractivity contribution in [1.29, 1.82) is 0 Å². The van der Waals surface area contributed by atoms with Crippen molar-refractivity contribution in [3.63, 3.8) is 0 Å². The molecule has 4 heterocycles. The Bertz CT molecular complexity index is 1010. The van der Waals surface area contributed by atoms with Gasteiger partial charge < -0.3 is 4.90 Å². The van der Waals surface area contributed by atoms with Crippen LogP contribution in [-0.4, -0.2) is 48.5 Å². The number of carbonyl (C=O) groups excluding carboxylic acids is 1. The van der Waals surface area contributed by atoms with Crippen molar-refractivity contribution < 1.29 is 4.79 Å². The van der Waals surface area contributed by atoms with Gasteiger partial charge in [-0.1, -0.05) is 13.0 Å².